The van der Waals surface area contributed by atoms with Crippen LogP contribution in [0.3, 0.4) is 0 Å². The minimum Gasteiger partial charge on any atom is -0.384 e. The lowest BCUT2D eigenvalue weighted by Crippen LogP contribution is -2.39. The number of hydrogen-bond acceptors (Lipinski definition) is 6. The van der Waals surface area contributed by atoms with Crippen molar-refractivity contribution in [2.45, 2.75) is 57.1 Å². The van der Waals surface area contributed by atoms with E-state index < -0.39 is 0 Å². The Kier molecular flexibility index (Phi) is 6.26. The Hall–Kier alpha value is -1.40. The largest absolute Gasteiger partial charge is 0.384 e. The average Bonchev–Trinajstić information content (AvgIpc) is 3.12. The van der Waals surface area contributed by atoms with E-state index in [9.17, 15) is 0 Å². The van der Waals surface area contributed by atoms with Gasteiger partial charge in [0.1, 0.15) is 5.82 Å². The van der Waals surface area contributed by atoms with Crippen LogP contribution in [0.1, 0.15) is 44.9 Å². The molecule has 2 fully saturated rings. The fourth-order valence-electron chi connectivity index (χ4n) is 3.86. The predicted molar refractivity (Wildman–Crippen MR) is 97.1 cm³/mol. The van der Waals surface area contributed by atoms with E-state index in [-0.39, 0.29) is 0 Å². The first-order valence-electron chi connectivity index (χ1n) is 9.37. The van der Waals surface area contributed by atoms with E-state index in [4.69, 9.17) is 10.5 Å². The Morgan fingerprint density at radius 3 is 2.92 bits per heavy atom. The van der Waals surface area contributed by atoms with Crippen LogP contribution >= 0.6 is 0 Å². The number of nitrogens with two attached hydrogens (primary N) is 1. The summed E-state index contributed by atoms with van der Waals surface area (Å²) in [5.41, 5.74) is 5.78. The van der Waals surface area contributed by atoms with Gasteiger partial charge in [0.05, 0.1) is 6.10 Å². The molecule has 0 unspecified atom stereocenters. The van der Waals surface area contributed by atoms with Crippen molar-refractivity contribution in [3.63, 3.8) is 0 Å². The van der Waals surface area contributed by atoms with Gasteiger partial charge in [-0.25, -0.2) is 4.98 Å². The summed E-state index contributed by atoms with van der Waals surface area (Å²) in [5.74, 6) is 1.24. The Bertz CT molecular complexity index is 506. The van der Waals surface area contributed by atoms with Crippen molar-refractivity contribution in [1.29, 1.82) is 0 Å². The highest BCUT2D eigenvalue weighted by Crippen LogP contribution is 2.26. The van der Waals surface area contributed by atoms with E-state index >= 15 is 0 Å². The van der Waals surface area contributed by atoms with Crippen molar-refractivity contribution in [2.75, 3.05) is 43.9 Å². The molecule has 0 spiro atoms. The summed E-state index contributed by atoms with van der Waals surface area (Å²) in [5, 5.41) is 0. The summed E-state index contributed by atoms with van der Waals surface area (Å²) in [6.45, 7) is 4.62. The molecule has 3 rings (SSSR count). The van der Waals surface area contributed by atoms with Crippen molar-refractivity contribution >= 4 is 11.8 Å². The summed E-state index contributed by atoms with van der Waals surface area (Å²) in [7, 11) is 2.06. The lowest BCUT2D eigenvalue weighted by atomic mass is 9.92. The van der Waals surface area contributed by atoms with Crippen LogP contribution in [-0.4, -0.2) is 60.3 Å². The summed E-state index contributed by atoms with van der Waals surface area (Å²) in [6, 6.07) is 2.16. The normalized spacial score (nSPS) is 25.0. The van der Waals surface area contributed by atoms with Gasteiger partial charge in [-0.1, -0.05) is 0 Å². The van der Waals surface area contributed by atoms with Crippen LogP contribution in [-0.2, 0) is 4.74 Å². The molecular formula is C18H31N5O. The minimum atomic E-state index is 0.367. The first-order valence-corrected chi connectivity index (χ1v) is 9.37. The Morgan fingerprint density at radius 1 is 1.29 bits per heavy atom. The van der Waals surface area contributed by atoms with Gasteiger partial charge in [-0.05, 0) is 64.1 Å². The van der Waals surface area contributed by atoms with Crippen molar-refractivity contribution in [3.05, 3.63) is 12.3 Å². The third-order valence-corrected chi connectivity index (χ3v) is 5.30. The quantitative estimate of drug-likeness (QED) is 0.772. The van der Waals surface area contributed by atoms with Crippen molar-refractivity contribution in [1.82, 2.24) is 14.9 Å². The predicted octanol–water partition coefficient (Wildman–Crippen LogP) is 2.31. The van der Waals surface area contributed by atoms with E-state index in [0.29, 0.717) is 18.0 Å². The Balaban J connectivity index is 1.42. The maximum Gasteiger partial charge on any atom is 0.227 e. The molecule has 0 bridgehead atoms. The summed E-state index contributed by atoms with van der Waals surface area (Å²) >= 11 is 0. The number of aromatic nitrogens is 2. The maximum atomic E-state index is 6.16. The van der Waals surface area contributed by atoms with Gasteiger partial charge >= 0.3 is 0 Å². The van der Waals surface area contributed by atoms with Crippen molar-refractivity contribution in [3.8, 4) is 0 Å². The average molecular weight is 333 g/mol. The van der Waals surface area contributed by atoms with E-state index in [1.807, 2.05) is 0 Å². The van der Waals surface area contributed by atoms with Crippen molar-refractivity contribution < 1.29 is 4.74 Å². The van der Waals surface area contributed by atoms with Crippen LogP contribution in [0.25, 0.3) is 0 Å². The van der Waals surface area contributed by atoms with Crippen LogP contribution in [0.4, 0.5) is 11.8 Å². The number of ether oxygens (including phenoxy) is 1. The molecule has 24 heavy (non-hydrogen) atoms. The zero-order chi connectivity index (χ0) is 16.8. The Labute approximate surface area is 145 Å². The second-order valence-electron chi connectivity index (χ2n) is 7.11. The van der Waals surface area contributed by atoms with Crippen LogP contribution in [0, 0.1) is 0 Å². The highest BCUT2D eigenvalue weighted by atomic mass is 16.5. The molecule has 134 valence electrons. The van der Waals surface area contributed by atoms with Crippen LogP contribution in [0.5, 0.6) is 0 Å². The number of nitrogens with zero attached hydrogens (tertiary/aromatic N) is 4. The van der Waals surface area contributed by atoms with Gasteiger partial charge in [0.15, 0.2) is 0 Å². The van der Waals surface area contributed by atoms with E-state index in [1.54, 1.807) is 12.3 Å². The van der Waals surface area contributed by atoms with Gasteiger partial charge in [-0.3, -0.25) is 0 Å². The number of hydrogen-bond donors (Lipinski definition) is 1. The smallest absolute Gasteiger partial charge is 0.227 e. The summed E-state index contributed by atoms with van der Waals surface area (Å²) in [4.78, 5) is 13.4. The van der Waals surface area contributed by atoms with Crippen LogP contribution in [0.15, 0.2) is 12.3 Å². The van der Waals surface area contributed by atoms with Gasteiger partial charge in [-0.2, -0.15) is 4.98 Å². The molecule has 1 saturated carbocycles. The number of nitrogen functional groups attached to an aromatic ring is 1. The molecule has 2 aliphatic rings. The lowest BCUT2D eigenvalue weighted by molar-refractivity contribution is 0.0190. The lowest BCUT2D eigenvalue weighted by Gasteiger charge is -2.35. The van der Waals surface area contributed by atoms with Crippen LogP contribution in [0.2, 0.25) is 0 Å². The van der Waals surface area contributed by atoms with Gasteiger partial charge in [-0.15, -0.1) is 0 Å². The van der Waals surface area contributed by atoms with E-state index in [2.05, 4.69) is 26.8 Å². The molecule has 1 aromatic rings. The first kappa shape index (κ1) is 17.4. The van der Waals surface area contributed by atoms with Gasteiger partial charge in [0.25, 0.3) is 0 Å². The number of likely N-dealkylation sites (tertiary alicyclic amines) is 1. The molecule has 6 heteroatoms. The molecule has 6 nitrogen and oxygen atoms in total. The molecular weight excluding hydrogens is 302 g/mol. The summed E-state index contributed by atoms with van der Waals surface area (Å²) in [6.07, 6.45) is 10.6. The van der Waals surface area contributed by atoms with Gasteiger partial charge < -0.3 is 20.3 Å². The molecule has 2 N–H and O–H groups in total. The number of rotatable bonds is 7. The molecule has 1 aliphatic carbocycles. The molecule has 1 saturated heterocycles. The molecule has 2 atom stereocenters. The zero-order valence-corrected chi connectivity index (χ0v) is 14.9. The molecule has 1 aromatic heterocycles. The standard InChI is InChI=1S/C18H31N5O/c1-22(18-20-9-8-17(19)21-18)15-6-4-7-16(14-15)24-13-5-12-23-10-2-3-11-23/h8-9,15-16H,2-7,10-14H2,1H3,(H2,19,20,21)/t15-,16+/m0/s1. The first-order chi connectivity index (χ1) is 11.7. The fraction of sp³-hybridized carbons (Fsp3) is 0.778. The Morgan fingerprint density at radius 2 is 2.12 bits per heavy atom. The second kappa shape index (κ2) is 8.62. The summed E-state index contributed by atoms with van der Waals surface area (Å²) < 4.78 is 6.16. The highest BCUT2D eigenvalue weighted by molar-refractivity contribution is 5.37. The molecule has 2 heterocycles. The molecule has 0 amide bonds. The van der Waals surface area contributed by atoms with Gasteiger partial charge in [0.2, 0.25) is 5.95 Å². The minimum absolute atomic E-state index is 0.367. The topological polar surface area (TPSA) is 67.5 Å². The second-order valence-corrected chi connectivity index (χ2v) is 7.11. The third kappa shape index (κ3) is 4.80. The highest BCUT2D eigenvalue weighted by Gasteiger charge is 2.26. The molecule has 0 aromatic carbocycles. The monoisotopic (exact) mass is 333 g/mol. The van der Waals surface area contributed by atoms with Crippen LogP contribution < -0.4 is 10.6 Å². The molecule has 1 aliphatic heterocycles. The van der Waals surface area contributed by atoms with E-state index in [0.717, 1.165) is 25.4 Å². The zero-order valence-electron chi connectivity index (χ0n) is 14.9. The number of anilines is 2. The fourth-order valence-corrected chi connectivity index (χ4v) is 3.86. The van der Waals surface area contributed by atoms with E-state index in [1.165, 1.54) is 51.7 Å². The van der Waals surface area contributed by atoms with Crippen molar-refractivity contribution in [2.24, 2.45) is 0 Å². The SMILES string of the molecule is CN(c1nccc(N)n1)[C@H]1CCC[C@@H](OCCCN2CCCC2)C1. The third-order valence-electron chi connectivity index (χ3n) is 5.30. The van der Waals surface area contributed by atoms with Gasteiger partial charge in [0, 0.05) is 32.4 Å². The molecule has 0 radical (unpaired) electrons. The maximum absolute atomic E-state index is 6.16.